The third-order valence-electron chi connectivity index (χ3n) is 4.65. The van der Waals surface area contributed by atoms with Crippen LogP contribution in [0.25, 0.3) is 11.5 Å². The zero-order chi connectivity index (χ0) is 17.1. The Hall–Kier alpha value is -2.60. The van der Waals surface area contributed by atoms with Gasteiger partial charge in [0.25, 0.3) is 0 Å². The van der Waals surface area contributed by atoms with E-state index in [9.17, 15) is 0 Å². The number of likely N-dealkylation sites (tertiary alicyclic amines) is 1. The number of nitrogens with one attached hydrogen (secondary N) is 1. The molecule has 1 aliphatic heterocycles. The predicted octanol–water partition coefficient (Wildman–Crippen LogP) is 2.95. The van der Waals surface area contributed by atoms with Gasteiger partial charge < -0.3 is 4.98 Å². The van der Waals surface area contributed by atoms with Crippen molar-refractivity contribution in [2.24, 2.45) is 0 Å². The van der Waals surface area contributed by atoms with Gasteiger partial charge in [-0.2, -0.15) is 0 Å². The first kappa shape index (κ1) is 15.9. The number of aromatic amines is 1. The summed E-state index contributed by atoms with van der Waals surface area (Å²) in [6.07, 6.45) is 11.6. The molecule has 4 heterocycles. The number of hydrogen-bond acceptors (Lipinski definition) is 5. The van der Waals surface area contributed by atoms with Crippen LogP contribution < -0.4 is 0 Å². The Kier molecular flexibility index (Phi) is 4.52. The average molecular weight is 334 g/mol. The Bertz CT molecular complexity index is 829. The number of piperidine rings is 1. The highest BCUT2D eigenvalue weighted by Gasteiger charge is 2.23. The van der Waals surface area contributed by atoms with Crippen molar-refractivity contribution in [3.8, 4) is 11.5 Å². The second-order valence-electron chi connectivity index (χ2n) is 6.68. The number of rotatable bonds is 4. The van der Waals surface area contributed by atoms with Gasteiger partial charge in [0.1, 0.15) is 5.69 Å². The van der Waals surface area contributed by atoms with Crippen LogP contribution in [0.5, 0.6) is 0 Å². The summed E-state index contributed by atoms with van der Waals surface area (Å²) in [4.78, 5) is 23.5. The van der Waals surface area contributed by atoms with Crippen LogP contribution in [-0.2, 0) is 6.54 Å². The van der Waals surface area contributed by atoms with E-state index < -0.39 is 0 Å². The van der Waals surface area contributed by atoms with E-state index in [1.807, 2.05) is 37.8 Å². The molecule has 3 aromatic heterocycles. The number of aryl methyl sites for hydroxylation is 1. The molecule has 0 aliphatic carbocycles. The lowest BCUT2D eigenvalue weighted by Gasteiger charge is -2.32. The first-order valence-corrected chi connectivity index (χ1v) is 8.73. The molecule has 0 radical (unpaired) electrons. The summed E-state index contributed by atoms with van der Waals surface area (Å²) >= 11 is 0. The molecule has 3 aromatic rings. The van der Waals surface area contributed by atoms with Crippen LogP contribution in [0.2, 0.25) is 0 Å². The maximum absolute atomic E-state index is 4.83. The summed E-state index contributed by atoms with van der Waals surface area (Å²) in [7, 11) is 0. The molecular weight excluding hydrogens is 312 g/mol. The van der Waals surface area contributed by atoms with Crippen molar-refractivity contribution < 1.29 is 0 Å². The number of aromatic nitrogens is 5. The lowest BCUT2D eigenvalue weighted by atomic mass is 9.94. The van der Waals surface area contributed by atoms with Crippen molar-refractivity contribution in [1.82, 2.24) is 29.8 Å². The van der Waals surface area contributed by atoms with Crippen LogP contribution in [0.3, 0.4) is 0 Å². The second kappa shape index (κ2) is 7.11. The Morgan fingerprint density at radius 3 is 2.96 bits per heavy atom. The largest absolute Gasteiger partial charge is 0.341 e. The third-order valence-corrected chi connectivity index (χ3v) is 4.65. The first-order valence-electron chi connectivity index (χ1n) is 8.73. The topological polar surface area (TPSA) is 70.6 Å². The molecule has 6 heteroatoms. The molecule has 6 nitrogen and oxygen atoms in total. The Morgan fingerprint density at radius 1 is 1.20 bits per heavy atom. The van der Waals surface area contributed by atoms with Gasteiger partial charge >= 0.3 is 0 Å². The number of hydrogen-bond donors (Lipinski definition) is 1. The van der Waals surface area contributed by atoms with Crippen LogP contribution in [0, 0.1) is 6.92 Å². The molecule has 0 unspecified atom stereocenters. The van der Waals surface area contributed by atoms with Gasteiger partial charge in [0.2, 0.25) is 0 Å². The Morgan fingerprint density at radius 2 is 2.16 bits per heavy atom. The molecule has 25 heavy (non-hydrogen) atoms. The minimum absolute atomic E-state index is 0.411. The number of pyridine rings is 1. The molecule has 1 saturated heterocycles. The summed E-state index contributed by atoms with van der Waals surface area (Å²) < 4.78 is 0. The third kappa shape index (κ3) is 3.74. The van der Waals surface area contributed by atoms with E-state index in [1.165, 1.54) is 12.0 Å². The van der Waals surface area contributed by atoms with Crippen LogP contribution >= 0.6 is 0 Å². The highest BCUT2D eigenvalue weighted by atomic mass is 15.1. The smallest absolute Gasteiger partial charge is 0.157 e. The number of H-pyrrole nitrogens is 1. The fourth-order valence-corrected chi connectivity index (χ4v) is 3.43. The van der Waals surface area contributed by atoms with Gasteiger partial charge in [0.05, 0.1) is 11.9 Å². The molecule has 1 aliphatic rings. The Balaban J connectivity index is 1.49. The maximum Gasteiger partial charge on any atom is 0.157 e. The molecule has 4 rings (SSSR count). The molecule has 128 valence electrons. The highest BCUT2D eigenvalue weighted by Crippen LogP contribution is 2.27. The van der Waals surface area contributed by atoms with Crippen molar-refractivity contribution in [2.75, 3.05) is 13.1 Å². The number of nitrogens with zero attached hydrogens (tertiary/aromatic N) is 5. The molecule has 0 aromatic carbocycles. The first-order chi connectivity index (χ1) is 12.3. The van der Waals surface area contributed by atoms with E-state index in [2.05, 4.69) is 30.9 Å². The molecule has 0 saturated carbocycles. The van der Waals surface area contributed by atoms with E-state index in [4.69, 9.17) is 4.98 Å². The van der Waals surface area contributed by atoms with E-state index in [0.29, 0.717) is 5.92 Å². The van der Waals surface area contributed by atoms with E-state index >= 15 is 0 Å². The van der Waals surface area contributed by atoms with Gasteiger partial charge in [0, 0.05) is 49.5 Å². The summed E-state index contributed by atoms with van der Waals surface area (Å²) in [6, 6.07) is 4.13. The zero-order valence-corrected chi connectivity index (χ0v) is 14.4. The average Bonchev–Trinajstić information content (AvgIpc) is 3.09. The van der Waals surface area contributed by atoms with Gasteiger partial charge in [-0.05, 0) is 37.9 Å². The van der Waals surface area contributed by atoms with E-state index in [0.717, 1.165) is 49.0 Å². The van der Waals surface area contributed by atoms with Gasteiger partial charge in [-0.1, -0.05) is 6.07 Å². The molecule has 0 bridgehead atoms. The van der Waals surface area contributed by atoms with Crippen molar-refractivity contribution in [2.45, 2.75) is 32.2 Å². The number of imidazole rings is 1. The van der Waals surface area contributed by atoms with Gasteiger partial charge in [0.15, 0.2) is 5.82 Å². The van der Waals surface area contributed by atoms with Crippen molar-refractivity contribution in [3.05, 3.63) is 60.1 Å². The summed E-state index contributed by atoms with van der Waals surface area (Å²) in [6.45, 7) is 5.06. The minimum Gasteiger partial charge on any atom is -0.341 e. The standard InChI is InChI=1S/C19H22N6/c1-14-8-22-19(23-14)18-11-21-10-17(24-18)16-5-3-7-25(13-16)12-15-4-2-6-20-9-15/h2,4,6,8-11,16H,3,5,7,12-13H2,1H3,(H,22,23)/t16-/m1/s1. The summed E-state index contributed by atoms with van der Waals surface area (Å²) in [5, 5.41) is 0. The van der Waals surface area contributed by atoms with Crippen LogP contribution in [0.4, 0.5) is 0 Å². The SMILES string of the molecule is Cc1cnc(-c2cncc([C@@H]3CCCN(Cc4cccnc4)C3)n2)[nH]1. The molecule has 1 atom stereocenters. The molecule has 0 spiro atoms. The second-order valence-corrected chi connectivity index (χ2v) is 6.68. The minimum atomic E-state index is 0.411. The monoisotopic (exact) mass is 334 g/mol. The molecule has 1 fully saturated rings. The van der Waals surface area contributed by atoms with E-state index in [1.54, 1.807) is 6.20 Å². The van der Waals surface area contributed by atoms with Gasteiger partial charge in [-0.15, -0.1) is 0 Å². The lowest BCUT2D eigenvalue weighted by molar-refractivity contribution is 0.198. The van der Waals surface area contributed by atoms with Crippen LogP contribution in [-0.4, -0.2) is 42.9 Å². The summed E-state index contributed by atoms with van der Waals surface area (Å²) in [5.74, 6) is 1.20. The maximum atomic E-state index is 4.83. The zero-order valence-electron chi connectivity index (χ0n) is 14.4. The normalized spacial score (nSPS) is 18.4. The fraction of sp³-hybridized carbons (Fsp3) is 0.368. The quantitative estimate of drug-likeness (QED) is 0.794. The van der Waals surface area contributed by atoms with Gasteiger partial charge in [-0.3, -0.25) is 14.9 Å². The lowest BCUT2D eigenvalue weighted by Crippen LogP contribution is -2.34. The molecule has 0 amide bonds. The molecular formula is C19H22N6. The fourth-order valence-electron chi connectivity index (χ4n) is 3.43. The van der Waals surface area contributed by atoms with E-state index in [-0.39, 0.29) is 0 Å². The van der Waals surface area contributed by atoms with Crippen LogP contribution in [0.15, 0.2) is 43.1 Å². The van der Waals surface area contributed by atoms with Crippen molar-refractivity contribution in [1.29, 1.82) is 0 Å². The molecule has 1 N–H and O–H groups in total. The van der Waals surface area contributed by atoms with Crippen molar-refractivity contribution >= 4 is 0 Å². The van der Waals surface area contributed by atoms with Crippen molar-refractivity contribution in [3.63, 3.8) is 0 Å². The highest BCUT2D eigenvalue weighted by molar-refractivity contribution is 5.48. The Labute approximate surface area is 147 Å². The van der Waals surface area contributed by atoms with Gasteiger partial charge in [-0.25, -0.2) is 9.97 Å². The van der Waals surface area contributed by atoms with Crippen LogP contribution in [0.1, 0.15) is 35.7 Å². The predicted molar refractivity (Wildman–Crippen MR) is 95.8 cm³/mol. The summed E-state index contributed by atoms with van der Waals surface area (Å²) in [5.41, 5.74) is 4.16.